The fourth-order valence-electron chi connectivity index (χ4n) is 4.40. The zero-order valence-electron chi connectivity index (χ0n) is 15.8. The Kier molecular flexibility index (Phi) is 4.20. The number of amides is 1. The highest BCUT2D eigenvalue weighted by atomic mass is 16.4. The molecule has 2 heterocycles. The zero-order chi connectivity index (χ0) is 19.1. The van der Waals surface area contributed by atoms with Gasteiger partial charge in [0, 0.05) is 33.1 Å². The minimum Gasteiger partial charge on any atom is -0.425 e. The maximum Gasteiger partial charge on any atom is 0.232 e. The van der Waals surface area contributed by atoms with Crippen LogP contribution in [0.15, 0.2) is 52.9 Å². The second-order valence-corrected chi connectivity index (χ2v) is 7.39. The molecule has 1 amide bonds. The molecule has 2 aliphatic rings. The summed E-state index contributed by atoms with van der Waals surface area (Å²) in [5.41, 5.74) is 5.39. The van der Waals surface area contributed by atoms with Crippen LogP contribution in [0.5, 0.6) is 0 Å². The van der Waals surface area contributed by atoms with E-state index in [9.17, 15) is 4.79 Å². The summed E-state index contributed by atoms with van der Waals surface area (Å²) in [4.78, 5) is 17.0. The molecular formula is C22H22N4O2. The van der Waals surface area contributed by atoms with E-state index in [1.807, 2.05) is 4.90 Å². The number of rotatable bonds is 3. The van der Waals surface area contributed by atoms with E-state index in [0.717, 1.165) is 13.1 Å². The summed E-state index contributed by atoms with van der Waals surface area (Å²) < 4.78 is 5.35. The third-order valence-corrected chi connectivity index (χ3v) is 5.70. The Morgan fingerprint density at radius 1 is 0.964 bits per heavy atom. The molecule has 0 saturated carbocycles. The molecule has 2 aromatic carbocycles. The smallest absolute Gasteiger partial charge is 0.232 e. The second-order valence-electron chi connectivity index (χ2n) is 7.39. The second kappa shape index (κ2) is 6.87. The van der Waals surface area contributed by atoms with Crippen LogP contribution in [0.25, 0.3) is 11.1 Å². The topological polar surface area (TPSA) is 62.5 Å². The molecule has 6 heteroatoms. The number of hydrogen-bond acceptors (Lipinski definition) is 5. The summed E-state index contributed by atoms with van der Waals surface area (Å²) >= 11 is 0. The summed E-state index contributed by atoms with van der Waals surface area (Å²) in [5, 5.41) is 7.73. The van der Waals surface area contributed by atoms with Crippen LogP contribution >= 0.6 is 0 Å². The molecule has 0 radical (unpaired) electrons. The maximum atomic E-state index is 12.6. The van der Waals surface area contributed by atoms with Crippen molar-refractivity contribution in [3.8, 4) is 11.1 Å². The average Bonchev–Trinajstić information content (AvgIpc) is 3.29. The van der Waals surface area contributed by atoms with Gasteiger partial charge in [0.15, 0.2) is 0 Å². The highest BCUT2D eigenvalue weighted by molar-refractivity contribution is 5.79. The van der Waals surface area contributed by atoms with Crippen molar-refractivity contribution < 1.29 is 9.21 Å². The van der Waals surface area contributed by atoms with E-state index < -0.39 is 0 Å². The third-order valence-electron chi connectivity index (χ3n) is 5.70. The standard InChI is InChI=1S/C22H22N4O2/c1-15-23-24-20(28-15)14-21(27)25-10-12-26(13-11-25)22-18-8-4-2-6-16(18)17-7-3-5-9-19(17)22/h2-9,22H,10-14H2,1H3. The predicted octanol–water partition coefficient (Wildman–Crippen LogP) is 2.83. The number of piperazine rings is 1. The molecule has 0 bridgehead atoms. The minimum atomic E-state index is 0.0514. The molecule has 0 spiro atoms. The van der Waals surface area contributed by atoms with Crippen LogP contribution in [0.3, 0.4) is 0 Å². The lowest BCUT2D eigenvalue weighted by atomic mass is 10.0. The van der Waals surface area contributed by atoms with Crippen LogP contribution in [0.4, 0.5) is 0 Å². The van der Waals surface area contributed by atoms with E-state index in [2.05, 4.69) is 63.6 Å². The van der Waals surface area contributed by atoms with Gasteiger partial charge in [-0.1, -0.05) is 48.5 Å². The molecule has 1 fully saturated rings. The molecule has 5 rings (SSSR count). The van der Waals surface area contributed by atoms with E-state index in [4.69, 9.17) is 4.42 Å². The van der Waals surface area contributed by atoms with Crippen molar-refractivity contribution in [3.05, 3.63) is 71.4 Å². The van der Waals surface area contributed by atoms with Gasteiger partial charge in [-0.2, -0.15) is 0 Å². The lowest BCUT2D eigenvalue weighted by Crippen LogP contribution is -2.50. The number of aryl methyl sites for hydroxylation is 1. The maximum absolute atomic E-state index is 12.6. The molecule has 6 nitrogen and oxygen atoms in total. The van der Waals surface area contributed by atoms with Gasteiger partial charge in [-0.25, -0.2) is 0 Å². The molecule has 0 unspecified atom stereocenters. The van der Waals surface area contributed by atoms with Crippen molar-refractivity contribution >= 4 is 5.91 Å². The predicted molar refractivity (Wildman–Crippen MR) is 105 cm³/mol. The van der Waals surface area contributed by atoms with Crippen molar-refractivity contribution in [2.45, 2.75) is 19.4 Å². The van der Waals surface area contributed by atoms with Gasteiger partial charge >= 0.3 is 0 Å². The van der Waals surface area contributed by atoms with Gasteiger partial charge in [0.1, 0.15) is 6.42 Å². The van der Waals surface area contributed by atoms with E-state index in [1.165, 1.54) is 22.3 Å². The lowest BCUT2D eigenvalue weighted by Gasteiger charge is -2.38. The first kappa shape index (κ1) is 17.1. The lowest BCUT2D eigenvalue weighted by molar-refractivity contribution is -0.132. The fraction of sp³-hybridized carbons (Fsp3) is 0.318. The molecule has 1 aliphatic heterocycles. The Labute approximate surface area is 163 Å². The molecule has 3 aromatic rings. The van der Waals surface area contributed by atoms with Crippen LogP contribution in [0, 0.1) is 6.92 Å². The first-order valence-corrected chi connectivity index (χ1v) is 9.70. The summed E-state index contributed by atoms with van der Waals surface area (Å²) in [6.45, 7) is 4.86. The molecule has 28 heavy (non-hydrogen) atoms. The molecular weight excluding hydrogens is 352 g/mol. The van der Waals surface area contributed by atoms with E-state index in [0.29, 0.717) is 24.9 Å². The van der Waals surface area contributed by atoms with E-state index >= 15 is 0 Å². The Morgan fingerprint density at radius 2 is 1.57 bits per heavy atom. The summed E-state index contributed by atoms with van der Waals surface area (Å²) in [7, 11) is 0. The number of hydrogen-bond donors (Lipinski definition) is 0. The third kappa shape index (κ3) is 2.90. The SMILES string of the molecule is Cc1nnc(CC(=O)N2CCN(C3c4ccccc4-c4ccccc43)CC2)o1. The Hall–Kier alpha value is -2.99. The normalized spacial score (nSPS) is 16.8. The van der Waals surface area contributed by atoms with Crippen molar-refractivity contribution in [2.24, 2.45) is 0 Å². The summed E-state index contributed by atoms with van der Waals surface area (Å²) in [5.74, 6) is 0.935. The van der Waals surface area contributed by atoms with Crippen molar-refractivity contribution in [1.82, 2.24) is 20.0 Å². The molecule has 1 aliphatic carbocycles. The monoisotopic (exact) mass is 374 g/mol. The quantitative estimate of drug-likeness (QED) is 0.705. The Morgan fingerprint density at radius 3 is 2.14 bits per heavy atom. The number of benzene rings is 2. The van der Waals surface area contributed by atoms with Gasteiger partial charge in [-0.05, 0) is 22.3 Å². The number of carbonyl (C=O) groups is 1. The molecule has 142 valence electrons. The van der Waals surface area contributed by atoms with Gasteiger partial charge in [-0.15, -0.1) is 10.2 Å². The van der Waals surface area contributed by atoms with Crippen LogP contribution in [0.2, 0.25) is 0 Å². The van der Waals surface area contributed by atoms with E-state index in [-0.39, 0.29) is 18.4 Å². The highest BCUT2D eigenvalue weighted by Gasteiger charge is 2.34. The van der Waals surface area contributed by atoms with Crippen molar-refractivity contribution in [1.29, 1.82) is 0 Å². The van der Waals surface area contributed by atoms with Crippen molar-refractivity contribution in [3.63, 3.8) is 0 Å². The molecule has 1 aromatic heterocycles. The van der Waals surface area contributed by atoms with Crippen LogP contribution in [-0.4, -0.2) is 52.1 Å². The van der Waals surface area contributed by atoms with Gasteiger partial charge in [-0.3, -0.25) is 9.69 Å². The number of fused-ring (bicyclic) bond motifs is 3. The largest absolute Gasteiger partial charge is 0.425 e. The highest BCUT2D eigenvalue weighted by Crippen LogP contribution is 2.46. The average molecular weight is 374 g/mol. The Balaban J connectivity index is 1.31. The fourth-order valence-corrected chi connectivity index (χ4v) is 4.40. The molecule has 0 atom stereocenters. The zero-order valence-corrected chi connectivity index (χ0v) is 15.8. The Bertz CT molecular complexity index is 975. The number of nitrogens with zero attached hydrogens (tertiary/aromatic N) is 4. The van der Waals surface area contributed by atoms with Gasteiger partial charge in [0.25, 0.3) is 0 Å². The van der Waals surface area contributed by atoms with Gasteiger partial charge in [0.05, 0.1) is 6.04 Å². The molecule has 1 saturated heterocycles. The van der Waals surface area contributed by atoms with Gasteiger partial charge < -0.3 is 9.32 Å². The van der Waals surface area contributed by atoms with Crippen LogP contribution in [0.1, 0.15) is 29.0 Å². The number of carbonyl (C=O) groups excluding carboxylic acids is 1. The minimum absolute atomic E-state index is 0.0514. The molecule has 0 N–H and O–H groups in total. The summed E-state index contributed by atoms with van der Waals surface area (Å²) in [6, 6.07) is 17.6. The van der Waals surface area contributed by atoms with E-state index in [1.54, 1.807) is 6.92 Å². The van der Waals surface area contributed by atoms with Crippen LogP contribution in [-0.2, 0) is 11.2 Å². The number of aromatic nitrogens is 2. The van der Waals surface area contributed by atoms with Crippen molar-refractivity contribution in [2.75, 3.05) is 26.2 Å². The summed E-state index contributed by atoms with van der Waals surface area (Å²) in [6.07, 6.45) is 0.177. The first-order chi connectivity index (χ1) is 13.7. The van der Waals surface area contributed by atoms with Crippen LogP contribution < -0.4 is 0 Å². The first-order valence-electron chi connectivity index (χ1n) is 9.70. The van der Waals surface area contributed by atoms with Gasteiger partial charge in [0.2, 0.25) is 17.7 Å².